The van der Waals surface area contributed by atoms with Gasteiger partial charge < -0.3 is 4.74 Å². The molecule has 1 aromatic carbocycles. The molecule has 1 saturated carbocycles. The molecule has 0 bridgehead atoms. The van der Waals surface area contributed by atoms with E-state index in [1.165, 1.54) is 24.8 Å². The van der Waals surface area contributed by atoms with Gasteiger partial charge >= 0.3 is 0 Å². The van der Waals surface area contributed by atoms with Gasteiger partial charge in [0, 0.05) is 13.5 Å². The van der Waals surface area contributed by atoms with Crippen molar-refractivity contribution in [3.05, 3.63) is 35.9 Å². The van der Waals surface area contributed by atoms with Gasteiger partial charge in [0.05, 0.1) is 0 Å². The van der Waals surface area contributed by atoms with Gasteiger partial charge in [-0.25, -0.2) is 0 Å². The predicted molar refractivity (Wildman–Crippen MR) is 75.4 cm³/mol. The van der Waals surface area contributed by atoms with Crippen molar-refractivity contribution in [3.8, 4) is 11.8 Å². The van der Waals surface area contributed by atoms with E-state index in [-0.39, 0.29) is 5.60 Å². The molecule has 1 fully saturated rings. The third-order valence-corrected chi connectivity index (χ3v) is 3.75. The maximum Gasteiger partial charge on any atom is 0.128 e. The molecular weight excluding hydrogens is 220 g/mol. The lowest BCUT2D eigenvalue weighted by Crippen LogP contribution is -2.32. The quantitative estimate of drug-likeness (QED) is 0.729. The number of ether oxygens (including phenoxy) is 1. The van der Waals surface area contributed by atoms with Crippen LogP contribution in [0.15, 0.2) is 30.3 Å². The molecule has 1 aromatic rings. The van der Waals surface area contributed by atoms with Crippen LogP contribution < -0.4 is 0 Å². The van der Waals surface area contributed by atoms with E-state index in [0.717, 1.165) is 25.7 Å². The molecule has 1 heteroatoms. The Morgan fingerprint density at radius 2 is 1.83 bits per heavy atom. The van der Waals surface area contributed by atoms with Gasteiger partial charge in [0.15, 0.2) is 0 Å². The highest BCUT2D eigenvalue weighted by Crippen LogP contribution is 2.30. The van der Waals surface area contributed by atoms with Crippen molar-refractivity contribution in [1.82, 2.24) is 0 Å². The Morgan fingerprint density at radius 1 is 1.11 bits per heavy atom. The smallest absolute Gasteiger partial charge is 0.128 e. The van der Waals surface area contributed by atoms with E-state index in [1.807, 2.05) is 0 Å². The summed E-state index contributed by atoms with van der Waals surface area (Å²) in [7, 11) is 1.80. The van der Waals surface area contributed by atoms with E-state index in [9.17, 15) is 0 Å². The summed E-state index contributed by atoms with van der Waals surface area (Å²) in [6, 6.07) is 10.5. The molecule has 0 saturated heterocycles. The zero-order valence-corrected chi connectivity index (χ0v) is 11.2. The molecule has 0 radical (unpaired) electrons. The fourth-order valence-corrected chi connectivity index (χ4v) is 2.58. The van der Waals surface area contributed by atoms with E-state index in [1.54, 1.807) is 7.11 Å². The number of methoxy groups -OCH3 is 1. The number of rotatable bonds is 3. The molecule has 0 heterocycles. The molecule has 0 amide bonds. The van der Waals surface area contributed by atoms with Gasteiger partial charge in [-0.15, -0.1) is 0 Å². The minimum Gasteiger partial charge on any atom is -0.366 e. The zero-order valence-electron chi connectivity index (χ0n) is 11.2. The number of hydrogen-bond donors (Lipinski definition) is 0. The Bertz CT molecular complexity index is 404. The topological polar surface area (TPSA) is 9.23 Å². The van der Waals surface area contributed by atoms with Crippen LogP contribution in [-0.2, 0) is 11.2 Å². The van der Waals surface area contributed by atoms with Crippen LogP contribution in [0.5, 0.6) is 0 Å². The maximum absolute atomic E-state index is 5.66. The molecule has 1 aliphatic carbocycles. The summed E-state index contributed by atoms with van der Waals surface area (Å²) in [6.07, 6.45) is 7.99. The van der Waals surface area contributed by atoms with Crippen LogP contribution in [0.2, 0.25) is 0 Å². The molecule has 18 heavy (non-hydrogen) atoms. The van der Waals surface area contributed by atoms with E-state index in [0.29, 0.717) is 0 Å². The van der Waals surface area contributed by atoms with Crippen molar-refractivity contribution in [2.45, 2.75) is 50.5 Å². The monoisotopic (exact) mass is 242 g/mol. The van der Waals surface area contributed by atoms with Crippen LogP contribution in [0.4, 0.5) is 0 Å². The Balaban J connectivity index is 1.87. The fourth-order valence-electron chi connectivity index (χ4n) is 2.58. The van der Waals surface area contributed by atoms with Gasteiger partial charge in [-0.05, 0) is 37.7 Å². The normalized spacial score (nSPS) is 17.8. The van der Waals surface area contributed by atoms with Crippen molar-refractivity contribution in [2.24, 2.45) is 0 Å². The standard InChI is InChI=1S/C17H22O/c1-18-17(13-7-3-8-14-17)15-9-6-12-16-10-4-2-5-11-16/h2,4-5,10-11H,3,6-8,12-14H2,1H3. The van der Waals surface area contributed by atoms with Crippen LogP contribution >= 0.6 is 0 Å². The number of aryl methyl sites for hydroxylation is 1. The molecular formula is C17H22O. The first-order valence-electron chi connectivity index (χ1n) is 6.94. The van der Waals surface area contributed by atoms with Crippen LogP contribution in [0.1, 0.15) is 44.1 Å². The molecule has 0 atom stereocenters. The van der Waals surface area contributed by atoms with Crippen LogP contribution in [0.3, 0.4) is 0 Å². The zero-order chi connectivity index (χ0) is 12.7. The second kappa shape index (κ2) is 6.61. The highest BCUT2D eigenvalue weighted by atomic mass is 16.5. The molecule has 1 nitrogen and oxygen atoms in total. The largest absolute Gasteiger partial charge is 0.366 e. The summed E-state index contributed by atoms with van der Waals surface area (Å²) in [5, 5.41) is 0. The van der Waals surface area contributed by atoms with Crippen molar-refractivity contribution < 1.29 is 4.74 Å². The molecule has 0 aliphatic heterocycles. The van der Waals surface area contributed by atoms with Crippen molar-refractivity contribution in [2.75, 3.05) is 7.11 Å². The molecule has 2 rings (SSSR count). The minimum absolute atomic E-state index is 0.144. The van der Waals surface area contributed by atoms with Crippen molar-refractivity contribution in [3.63, 3.8) is 0 Å². The molecule has 96 valence electrons. The summed E-state index contributed by atoms with van der Waals surface area (Å²) >= 11 is 0. The fraction of sp³-hybridized carbons (Fsp3) is 0.529. The lowest BCUT2D eigenvalue weighted by atomic mass is 9.85. The molecule has 0 spiro atoms. The molecule has 0 aromatic heterocycles. The Kier molecular flexibility index (Phi) is 4.84. The summed E-state index contributed by atoms with van der Waals surface area (Å²) in [4.78, 5) is 0. The average Bonchev–Trinajstić information content (AvgIpc) is 2.46. The molecule has 0 N–H and O–H groups in total. The van der Waals surface area contributed by atoms with Crippen LogP contribution in [-0.4, -0.2) is 12.7 Å². The third-order valence-electron chi connectivity index (χ3n) is 3.75. The molecule has 1 aliphatic rings. The SMILES string of the molecule is COC1(C#CCCc2ccccc2)CCCCC1. The van der Waals surface area contributed by atoms with Gasteiger partial charge in [-0.1, -0.05) is 48.6 Å². The van der Waals surface area contributed by atoms with E-state index in [4.69, 9.17) is 4.74 Å². The Morgan fingerprint density at radius 3 is 2.50 bits per heavy atom. The van der Waals surface area contributed by atoms with E-state index in [2.05, 4.69) is 42.2 Å². The predicted octanol–water partition coefficient (Wildman–Crippen LogP) is 3.97. The average molecular weight is 242 g/mol. The second-order valence-electron chi connectivity index (χ2n) is 5.05. The van der Waals surface area contributed by atoms with Gasteiger partial charge in [0.25, 0.3) is 0 Å². The Labute approximate surface area is 111 Å². The highest BCUT2D eigenvalue weighted by Gasteiger charge is 2.29. The first-order valence-corrected chi connectivity index (χ1v) is 6.94. The second-order valence-corrected chi connectivity index (χ2v) is 5.05. The van der Waals surface area contributed by atoms with Crippen LogP contribution in [0.25, 0.3) is 0 Å². The van der Waals surface area contributed by atoms with Crippen molar-refractivity contribution in [1.29, 1.82) is 0 Å². The highest BCUT2D eigenvalue weighted by molar-refractivity contribution is 5.19. The lowest BCUT2D eigenvalue weighted by Gasteiger charge is -2.30. The maximum atomic E-state index is 5.66. The first-order chi connectivity index (χ1) is 8.85. The lowest BCUT2D eigenvalue weighted by molar-refractivity contribution is 0.0104. The summed E-state index contributed by atoms with van der Waals surface area (Å²) in [6.45, 7) is 0. The van der Waals surface area contributed by atoms with E-state index >= 15 is 0 Å². The van der Waals surface area contributed by atoms with Gasteiger partial charge in [0.2, 0.25) is 0 Å². The summed E-state index contributed by atoms with van der Waals surface area (Å²) in [5.41, 5.74) is 1.22. The minimum atomic E-state index is -0.144. The summed E-state index contributed by atoms with van der Waals surface area (Å²) < 4.78 is 5.66. The number of benzene rings is 1. The van der Waals surface area contributed by atoms with Crippen molar-refractivity contribution >= 4 is 0 Å². The Hall–Kier alpha value is -1.26. The van der Waals surface area contributed by atoms with E-state index < -0.39 is 0 Å². The molecule has 0 unspecified atom stereocenters. The van der Waals surface area contributed by atoms with Gasteiger partial charge in [0.1, 0.15) is 5.60 Å². The van der Waals surface area contributed by atoms with Gasteiger partial charge in [-0.3, -0.25) is 0 Å². The third kappa shape index (κ3) is 3.62. The first kappa shape index (κ1) is 13.2. The number of hydrogen-bond acceptors (Lipinski definition) is 1. The summed E-state index contributed by atoms with van der Waals surface area (Å²) in [5.74, 6) is 6.70. The van der Waals surface area contributed by atoms with Gasteiger partial charge in [-0.2, -0.15) is 0 Å². The van der Waals surface area contributed by atoms with Crippen LogP contribution in [0, 0.1) is 11.8 Å².